The maximum Gasteiger partial charge on any atom is 0.0646 e. The second-order valence-electron chi connectivity index (χ2n) is 3.19. The number of nitrogens with zero attached hydrogens (tertiary/aromatic N) is 2. The van der Waals surface area contributed by atoms with Gasteiger partial charge in [-0.1, -0.05) is 13.3 Å². The Morgan fingerprint density at radius 1 is 1.54 bits per heavy atom. The summed E-state index contributed by atoms with van der Waals surface area (Å²) in [6, 6.07) is 4.48. The fourth-order valence-corrected chi connectivity index (χ4v) is 1.39. The predicted octanol–water partition coefficient (Wildman–Crippen LogP) is 1.41. The first kappa shape index (κ1) is 10.1. The van der Waals surface area contributed by atoms with Crippen molar-refractivity contribution in [3.63, 3.8) is 0 Å². The third-order valence-corrected chi connectivity index (χ3v) is 2.13. The summed E-state index contributed by atoms with van der Waals surface area (Å²) in [6.45, 7) is 2.20. The number of hydrogen-bond donors (Lipinski definition) is 1. The van der Waals surface area contributed by atoms with Crippen molar-refractivity contribution in [3.8, 4) is 0 Å². The standard InChI is InChI=1S/C10H17N3/c1-3-5-9(11-2)8-10-6-4-7-12-13-10/h4,6-7,9,11H,3,5,8H2,1-2H3. The minimum Gasteiger partial charge on any atom is -0.317 e. The monoisotopic (exact) mass is 179 g/mol. The molecule has 0 radical (unpaired) electrons. The van der Waals surface area contributed by atoms with Gasteiger partial charge in [-0.3, -0.25) is 0 Å². The zero-order valence-corrected chi connectivity index (χ0v) is 8.33. The topological polar surface area (TPSA) is 37.8 Å². The molecule has 0 aliphatic rings. The molecule has 0 aliphatic carbocycles. The SMILES string of the molecule is CCCC(Cc1cccnn1)NC. The molecule has 1 aromatic rings. The Bertz CT molecular complexity index is 223. The van der Waals surface area contributed by atoms with Crippen LogP contribution in [0.5, 0.6) is 0 Å². The summed E-state index contributed by atoms with van der Waals surface area (Å²) >= 11 is 0. The normalized spacial score (nSPS) is 12.8. The van der Waals surface area contributed by atoms with Crippen LogP contribution in [0.3, 0.4) is 0 Å². The highest BCUT2D eigenvalue weighted by molar-refractivity contribution is 5.01. The van der Waals surface area contributed by atoms with E-state index in [2.05, 4.69) is 22.4 Å². The van der Waals surface area contributed by atoms with Gasteiger partial charge in [0, 0.05) is 18.7 Å². The largest absolute Gasteiger partial charge is 0.317 e. The fourth-order valence-electron chi connectivity index (χ4n) is 1.39. The number of likely N-dealkylation sites (N-methyl/N-ethyl adjacent to an activating group) is 1. The van der Waals surface area contributed by atoms with E-state index in [4.69, 9.17) is 0 Å². The molecule has 3 heteroatoms. The van der Waals surface area contributed by atoms with E-state index in [9.17, 15) is 0 Å². The van der Waals surface area contributed by atoms with Gasteiger partial charge in [0.25, 0.3) is 0 Å². The van der Waals surface area contributed by atoms with Crippen molar-refractivity contribution in [2.24, 2.45) is 0 Å². The lowest BCUT2D eigenvalue weighted by molar-refractivity contribution is 0.507. The molecule has 3 nitrogen and oxygen atoms in total. The van der Waals surface area contributed by atoms with Crippen LogP contribution in [0.1, 0.15) is 25.5 Å². The quantitative estimate of drug-likeness (QED) is 0.742. The number of aromatic nitrogens is 2. The molecule has 1 atom stereocenters. The van der Waals surface area contributed by atoms with Crippen LogP contribution < -0.4 is 5.32 Å². The van der Waals surface area contributed by atoms with Gasteiger partial charge in [-0.05, 0) is 25.6 Å². The molecule has 1 unspecified atom stereocenters. The molecule has 0 amide bonds. The van der Waals surface area contributed by atoms with Crippen LogP contribution in [0.2, 0.25) is 0 Å². The molecule has 1 rings (SSSR count). The van der Waals surface area contributed by atoms with Crippen LogP contribution >= 0.6 is 0 Å². The van der Waals surface area contributed by atoms with Crippen LogP contribution in [-0.4, -0.2) is 23.3 Å². The molecule has 0 aliphatic heterocycles. The van der Waals surface area contributed by atoms with Gasteiger partial charge in [0.05, 0.1) is 5.69 Å². The number of hydrogen-bond acceptors (Lipinski definition) is 3. The van der Waals surface area contributed by atoms with E-state index in [0.717, 1.165) is 12.1 Å². The Balaban J connectivity index is 2.46. The zero-order valence-electron chi connectivity index (χ0n) is 8.33. The molecule has 1 aromatic heterocycles. The molecule has 0 fully saturated rings. The highest BCUT2D eigenvalue weighted by atomic mass is 15.1. The van der Waals surface area contributed by atoms with Crippen LogP contribution in [-0.2, 0) is 6.42 Å². The van der Waals surface area contributed by atoms with Crippen molar-refractivity contribution in [1.29, 1.82) is 0 Å². The van der Waals surface area contributed by atoms with Crippen molar-refractivity contribution in [1.82, 2.24) is 15.5 Å². The Morgan fingerprint density at radius 2 is 2.38 bits per heavy atom. The summed E-state index contributed by atoms with van der Waals surface area (Å²) in [4.78, 5) is 0. The van der Waals surface area contributed by atoms with Crippen molar-refractivity contribution >= 4 is 0 Å². The highest BCUT2D eigenvalue weighted by Crippen LogP contribution is 2.03. The summed E-state index contributed by atoms with van der Waals surface area (Å²) < 4.78 is 0. The second kappa shape index (κ2) is 5.65. The van der Waals surface area contributed by atoms with Crippen molar-refractivity contribution < 1.29 is 0 Å². The Kier molecular flexibility index (Phi) is 4.40. The van der Waals surface area contributed by atoms with Crippen molar-refractivity contribution in [2.45, 2.75) is 32.2 Å². The maximum absolute atomic E-state index is 4.06. The first-order chi connectivity index (χ1) is 6.36. The second-order valence-corrected chi connectivity index (χ2v) is 3.19. The molecule has 0 saturated carbocycles. The predicted molar refractivity (Wildman–Crippen MR) is 53.5 cm³/mol. The molecule has 1 heterocycles. The minimum absolute atomic E-state index is 0.529. The maximum atomic E-state index is 4.06. The number of rotatable bonds is 5. The summed E-state index contributed by atoms with van der Waals surface area (Å²) in [6.07, 6.45) is 5.06. The lowest BCUT2D eigenvalue weighted by Crippen LogP contribution is -2.27. The lowest BCUT2D eigenvalue weighted by Gasteiger charge is -2.13. The summed E-state index contributed by atoms with van der Waals surface area (Å²) in [5.74, 6) is 0. The molecule has 0 aromatic carbocycles. The van der Waals surface area contributed by atoms with Gasteiger partial charge in [0.2, 0.25) is 0 Å². The van der Waals surface area contributed by atoms with Crippen molar-refractivity contribution in [2.75, 3.05) is 7.05 Å². The fraction of sp³-hybridized carbons (Fsp3) is 0.600. The minimum atomic E-state index is 0.529. The summed E-state index contributed by atoms with van der Waals surface area (Å²) in [7, 11) is 2.00. The number of nitrogens with one attached hydrogen (secondary N) is 1. The van der Waals surface area contributed by atoms with Gasteiger partial charge in [-0.15, -0.1) is 0 Å². The zero-order chi connectivity index (χ0) is 9.52. The van der Waals surface area contributed by atoms with Crippen LogP contribution in [0.4, 0.5) is 0 Å². The summed E-state index contributed by atoms with van der Waals surface area (Å²) in [5, 5.41) is 11.2. The van der Waals surface area contributed by atoms with Gasteiger partial charge in [-0.25, -0.2) is 0 Å². The molecule has 1 N–H and O–H groups in total. The first-order valence-corrected chi connectivity index (χ1v) is 4.80. The van der Waals surface area contributed by atoms with E-state index < -0.39 is 0 Å². The molecule has 0 bridgehead atoms. The van der Waals surface area contributed by atoms with Crippen LogP contribution in [0.25, 0.3) is 0 Å². The average Bonchev–Trinajstić information content (AvgIpc) is 2.19. The molecule has 0 spiro atoms. The molecule has 72 valence electrons. The first-order valence-electron chi connectivity index (χ1n) is 4.80. The molecular formula is C10H17N3. The Hall–Kier alpha value is -0.960. The third kappa shape index (κ3) is 3.51. The highest BCUT2D eigenvalue weighted by Gasteiger charge is 2.06. The van der Waals surface area contributed by atoms with Gasteiger partial charge < -0.3 is 5.32 Å². The Morgan fingerprint density at radius 3 is 2.92 bits per heavy atom. The molecular weight excluding hydrogens is 162 g/mol. The van der Waals surface area contributed by atoms with Crippen LogP contribution in [0, 0.1) is 0 Å². The van der Waals surface area contributed by atoms with E-state index >= 15 is 0 Å². The summed E-state index contributed by atoms with van der Waals surface area (Å²) in [5.41, 5.74) is 1.07. The van der Waals surface area contributed by atoms with Gasteiger partial charge in [0.1, 0.15) is 0 Å². The van der Waals surface area contributed by atoms with E-state index in [-0.39, 0.29) is 0 Å². The van der Waals surface area contributed by atoms with E-state index in [1.165, 1.54) is 12.8 Å². The van der Waals surface area contributed by atoms with Gasteiger partial charge in [0.15, 0.2) is 0 Å². The third-order valence-electron chi connectivity index (χ3n) is 2.13. The lowest BCUT2D eigenvalue weighted by atomic mass is 10.1. The van der Waals surface area contributed by atoms with Gasteiger partial charge in [-0.2, -0.15) is 10.2 Å². The van der Waals surface area contributed by atoms with Crippen molar-refractivity contribution in [3.05, 3.63) is 24.0 Å². The van der Waals surface area contributed by atoms with E-state index in [1.807, 2.05) is 19.2 Å². The average molecular weight is 179 g/mol. The molecule has 0 saturated heterocycles. The van der Waals surface area contributed by atoms with Gasteiger partial charge >= 0.3 is 0 Å². The van der Waals surface area contributed by atoms with Crippen LogP contribution in [0.15, 0.2) is 18.3 Å². The van der Waals surface area contributed by atoms with E-state index in [0.29, 0.717) is 6.04 Å². The van der Waals surface area contributed by atoms with E-state index in [1.54, 1.807) is 6.20 Å². The smallest absolute Gasteiger partial charge is 0.0646 e. The molecule has 13 heavy (non-hydrogen) atoms. The Labute approximate surface area is 79.6 Å².